The molecule has 0 bridgehead atoms. The van der Waals surface area contributed by atoms with Crippen molar-refractivity contribution in [3.05, 3.63) is 29.3 Å². The molecule has 7 heteroatoms. The smallest absolute Gasteiger partial charge is 0.264 e. The van der Waals surface area contributed by atoms with Gasteiger partial charge in [-0.1, -0.05) is 32.3 Å². The number of hydrogen-bond acceptors (Lipinski definition) is 4. The summed E-state index contributed by atoms with van der Waals surface area (Å²) >= 11 is 0. The van der Waals surface area contributed by atoms with Gasteiger partial charge in [-0.2, -0.15) is 12.8 Å². The molecule has 2 fully saturated rings. The Balaban J connectivity index is 1.52. The van der Waals surface area contributed by atoms with E-state index in [0.29, 0.717) is 5.56 Å². The predicted octanol–water partition coefficient (Wildman–Crippen LogP) is 5.81. The van der Waals surface area contributed by atoms with Gasteiger partial charge in [0.15, 0.2) is 11.6 Å². The first kappa shape index (κ1) is 23.5. The minimum absolute atomic E-state index is 0.0466. The van der Waals surface area contributed by atoms with Crippen molar-refractivity contribution in [1.29, 1.82) is 0 Å². The fourth-order valence-corrected chi connectivity index (χ4v) is 5.65. The minimum Gasteiger partial charge on any atom is -0.488 e. The highest BCUT2D eigenvalue weighted by Gasteiger charge is 2.32. The van der Waals surface area contributed by atoms with Crippen molar-refractivity contribution < 1.29 is 26.1 Å². The lowest BCUT2D eigenvalue weighted by molar-refractivity contribution is 0.157. The number of benzene rings is 1. The van der Waals surface area contributed by atoms with E-state index in [-0.39, 0.29) is 24.9 Å². The van der Waals surface area contributed by atoms with E-state index in [1.165, 1.54) is 38.2 Å². The molecule has 3 rings (SSSR count). The molecule has 2 aliphatic carbocycles. The fraction of sp³-hybridized carbons (Fsp3) is 0.739. The Kier molecular flexibility index (Phi) is 8.13. The second kappa shape index (κ2) is 10.4. The van der Waals surface area contributed by atoms with Crippen LogP contribution in [0.5, 0.6) is 5.75 Å². The second-order valence-electron chi connectivity index (χ2n) is 8.96. The number of hydrogen-bond donors (Lipinski definition) is 0. The van der Waals surface area contributed by atoms with Crippen LogP contribution in [0, 0.1) is 29.4 Å². The van der Waals surface area contributed by atoms with E-state index in [0.717, 1.165) is 49.7 Å². The molecule has 0 unspecified atom stereocenters. The summed E-state index contributed by atoms with van der Waals surface area (Å²) in [4.78, 5) is 0. The Morgan fingerprint density at radius 1 is 0.900 bits per heavy atom. The quantitative estimate of drug-likeness (QED) is 0.375. The third-order valence-electron chi connectivity index (χ3n) is 7.06. The molecule has 0 amide bonds. The minimum atomic E-state index is -3.58. The summed E-state index contributed by atoms with van der Waals surface area (Å²) in [7, 11) is -3.58. The molecule has 0 spiro atoms. The summed E-state index contributed by atoms with van der Waals surface area (Å²) in [5.74, 6) is 0.411. The first-order chi connectivity index (χ1) is 14.3. The maximum absolute atomic E-state index is 14.7. The molecule has 0 aromatic heterocycles. The Labute approximate surface area is 179 Å². The molecule has 1 aromatic carbocycles. The van der Waals surface area contributed by atoms with Gasteiger partial charge in [0.1, 0.15) is 13.2 Å². The molecule has 0 atom stereocenters. The Hall–Kier alpha value is -1.21. The van der Waals surface area contributed by atoms with E-state index < -0.39 is 21.8 Å². The predicted molar refractivity (Wildman–Crippen MR) is 113 cm³/mol. The van der Waals surface area contributed by atoms with Crippen LogP contribution in [0.25, 0.3) is 0 Å². The monoisotopic (exact) mass is 444 g/mol. The Bertz CT molecular complexity index is 796. The molecule has 2 saturated carbocycles. The van der Waals surface area contributed by atoms with Crippen molar-refractivity contribution in [2.45, 2.75) is 70.6 Å². The molecule has 0 radical (unpaired) electrons. The van der Waals surface area contributed by atoms with Gasteiger partial charge >= 0.3 is 0 Å². The van der Waals surface area contributed by atoms with Crippen LogP contribution in [0.2, 0.25) is 0 Å². The molecule has 0 saturated heterocycles. The van der Waals surface area contributed by atoms with Crippen LogP contribution in [0.3, 0.4) is 0 Å². The van der Waals surface area contributed by atoms with E-state index in [2.05, 4.69) is 11.1 Å². The Morgan fingerprint density at radius 2 is 1.50 bits per heavy atom. The van der Waals surface area contributed by atoms with Crippen molar-refractivity contribution in [1.82, 2.24) is 0 Å². The van der Waals surface area contributed by atoms with E-state index in [9.17, 15) is 17.2 Å². The number of halogens is 2. The fourth-order valence-electron chi connectivity index (χ4n) is 5.28. The van der Waals surface area contributed by atoms with Crippen LogP contribution < -0.4 is 4.74 Å². The van der Waals surface area contributed by atoms with Crippen molar-refractivity contribution >= 4 is 10.1 Å². The van der Waals surface area contributed by atoms with E-state index in [4.69, 9.17) is 4.74 Å². The number of ether oxygens (including phenoxy) is 1. The molecule has 170 valence electrons. The zero-order valence-corrected chi connectivity index (χ0v) is 18.9. The van der Waals surface area contributed by atoms with E-state index in [1.807, 2.05) is 0 Å². The normalized spacial score (nSPS) is 27.7. The molecule has 30 heavy (non-hydrogen) atoms. The highest BCUT2D eigenvalue weighted by Crippen LogP contribution is 2.45. The third kappa shape index (κ3) is 6.16. The molecular weight excluding hydrogens is 410 g/mol. The van der Waals surface area contributed by atoms with E-state index >= 15 is 0 Å². The van der Waals surface area contributed by atoms with Crippen LogP contribution in [0.1, 0.15) is 76.2 Å². The molecule has 0 aliphatic heterocycles. The summed E-state index contributed by atoms with van der Waals surface area (Å²) in [6.07, 6.45) is 11.5. The van der Waals surface area contributed by atoms with E-state index in [1.54, 1.807) is 6.07 Å². The van der Waals surface area contributed by atoms with Crippen LogP contribution in [-0.2, 0) is 14.3 Å². The van der Waals surface area contributed by atoms with Gasteiger partial charge in [0.25, 0.3) is 10.1 Å². The van der Waals surface area contributed by atoms with Crippen molar-refractivity contribution in [2.24, 2.45) is 17.8 Å². The Morgan fingerprint density at radius 3 is 2.07 bits per heavy atom. The van der Waals surface area contributed by atoms with Crippen molar-refractivity contribution in [3.8, 4) is 5.75 Å². The maximum atomic E-state index is 14.7. The average molecular weight is 445 g/mol. The highest BCUT2D eigenvalue weighted by molar-refractivity contribution is 7.85. The zero-order valence-electron chi connectivity index (χ0n) is 18.0. The first-order valence-electron chi connectivity index (χ1n) is 11.2. The van der Waals surface area contributed by atoms with Gasteiger partial charge in [-0.15, -0.1) is 0 Å². The van der Waals surface area contributed by atoms with Gasteiger partial charge in [0, 0.05) is 0 Å². The van der Waals surface area contributed by atoms with Gasteiger partial charge in [0.2, 0.25) is 5.82 Å². The molecule has 2 aliphatic rings. The molecule has 4 nitrogen and oxygen atoms in total. The van der Waals surface area contributed by atoms with Crippen LogP contribution in [0.15, 0.2) is 12.1 Å². The lowest BCUT2D eigenvalue weighted by Crippen LogP contribution is -2.25. The van der Waals surface area contributed by atoms with Gasteiger partial charge in [-0.05, 0) is 73.8 Å². The SMILES string of the molecule is CCC1CCC(C2CCC(c3ccc(OCCOS(C)(=O)=O)c(F)c3F)CC2)CC1. The summed E-state index contributed by atoms with van der Waals surface area (Å²) in [6, 6.07) is 3.05. The second-order valence-corrected chi connectivity index (χ2v) is 10.6. The van der Waals surface area contributed by atoms with Gasteiger partial charge in [0.05, 0.1) is 6.26 Å². The van der Waals surface area contributed by atoms with Gasteiger partial charge in [-0.3, -0.25) is 4.18 Å². The van der Waals surface area contributed by atoms with Gasteiger partial charge in [-0.25, -0.2) is 4.39 Å². The average Bonchev–Trinajstić information content (AvgIpc) is 2.74. The molecular formula is C23H34F2O4S. The summed E-state index contributed by atoms with van der Waals surface area (Å²) in [5.41, 5.74) is 0.431. The largest absolute Gasteiger partial charge is 0.488 e. The summed E-state index contributed by atoms with van der Waals surface area (Å²) in [6.45, 7) is 1.86. The van der Waals surface area contributed by atoms with Crippen LogP contribution in [0.4, 0.5) is 8.78 Å². The van der Waals surface area contributed by atoms with Crippen LogP contribution in [-0.4, -0.2) is 27.9 Å². The van der Waals surface area contributed by atoms with Crippen molar-refractivity contribution in [3.63, 3.8) is 0 Å². The van der Waals surface area contributed by atoms with Crippen LogP contribution >= 0.6 is 0 Å². The summed E-state index contributed by atoms with van der Waals surface area (Å²) in [5, 5.41) is 0. The lowest BCUT2D eigenvalue weighted by atomic mass is 9.68. The third-order valence-corrected chi connectivity index (χ3v) is 7.66. The maximum Gasteiger partial charge on any atom is 0.264 e. The van der Waals surface area contributed by atoms with Crippen molar-refractivity contribution in [2.75, 3.05) is 19.5 Å². The zero-order chi connectivity index (χ0) is 21.7. The highest BCUT2D eigenvalue weighted by atomic mass is 32.2. The summed E-state index contributed by atoms with van der Waals surface area (Å²) < 4.78 is 60.7. The molecule has 0 N–H and O–H groups in total. The topological polar surface area (TPSA) is 52.6 Å². The molecule has 1 aromatic rings. The standard InChI is InChI=1S/C23H34F2O4S/c1-3-16-4-6-17(7-5-16)18-8-10-19(11-9-18)20-12-13-21(23(25)22(20)24)28-14-15-29-30(2,26)27/h12-13,16-19H,3-11,14-15H2,1-2H3. The number of rotatable bonds is 8. The first-order valence-corrected chi connectivity index (χ1v) is 13.0. The molecule has 0 heterocycles. The lowest BCUT2D eigenvalue weighted by Gasteiger charge is -2.38. The van der Waals surface area contributed by atoms with Gasteiger partial charge < -0.3 is 4.74 Å².